The van der Waals surface area contributed by atoms with Crippen LogP contribution >= 0.6 is 0 Å². The van der Waals surface area contributed by atoms with Gasteiger partial charge >= 0.3 is 0 Å². The molecule has 1 spiro atoms. The Morgan fingerprint density at radius 1 is 0.435 bits per heavy atom. The summed E-state index contributed by atoms with van der Waals surface area (Å²) in [7, 11) is 0. The van der Waals surface area contributed by atoms with Crippen molar-refractivity contribution in [2.45, 2.75) is 44.7 Å². The van der Waals surface area contributed by atoms with Crippen LogP contribution in [0.2, 0.25) is 0 Å². The van der Waals surface area contributed by atoms with Gasteiger partial charge in [0.2, 0.25) is 0 Å². The number of benzene rings is 9. The third kappa shape index (κ3) is 6.46. The van der Waals surface area contributed by atoms with Crippen LogP contribution in [0.4, 0.5) is 5.69 Å². The maximum Gasteiger partial charge on any atom is 0.144 e. The summed E-state index contributed by atoms with van der Waals surface area (Å²) in [6.07, 6.45) is 1.72. The molecule has 0 radical (unpaired) electrons. The molecule has 62 heavy (non-hydrogen) atoms. The summed E-state index contributed by atoms with van der Waals surface area (Å²) in [6.45, 7) is 8.82. The quantitative estimate of drug-likeness (QED) is 0.167. The van der Waals surface area contributed by atoms with E-state index >= 15 is 0 Å². The van der Waals surface area contributed by atoms with E-state index in [-0.39, 0.29) is 11.6 Å². The summed E-state index contributed by atoms with van der Waals surface area (Å²) >= 11 is 0. The van der Waals surface area contributed by atoms with Gasteiger partial charge < -0.3 is 5.32 Å². The molecule has 9 aromatic carbocycles. The van der Waals surface area contributed by atoms with E-state index in [4.69, 9.17) is 4.99 Å². The van der Waals surface area contributed by atoms with Gasteiger partial charge in [0, 0.05) is 11.1 Å². The monoisotopic (exact) mass is 798 g/mol. The maximum absolute atomic E-state index is 4.70. The van der Waals surface area contributed by atoms with Gasteiger partial charge in [-0.15, -0.1) is 0 Å². The van der Waals surface area contributed by atoms with Crippen LogP contribution in [0, 0.1) is 6.92 Å². The fourth-order valence-corrected chi connectivity index (χ4v) is 10.3. The average molecular weight is 799 g/mol. The van der Waals surface area contributed by atoms with E-state index in [1.165, 1.54) is 83.1 Å². The highest BCUT2D eigenvalue weighted by Crippen LogP contribution is 2.62. The Bertz CT molecular complexity index is 3040. The van der Waals surface area contributed by atoms with Gasteiger partial charge in [0.1, 0.15) is 6.17 Å². The number of hydrogen-bond donors (Lipinski definition) is 1. The van der Waals surface area contributed by atoms with Gasteiger partial charge in [-0.05, 0) is 121 Å². The molecular weight excluding hydrogens is 749 g/mol. The fraction of sp³-hybridized carbons (Fsp3) is 0.117. The van der Waals surface area contributed by atoms with Crippen molar-refractivity contribution < 1.29 is 0 Å². The van der Waals surface area contributed by atoms with Crippen molar-refractivity contribution >= 4 is 22.7 Å². The number of aryl methyl sites for hydroxylation is 1. The lowest BCUT2D eigenvalue weighted by molar-refractivity contribution is 0.563. The molecule has 2 heteroatoms. The van der Waals surface area contributed by atoms with Crippen molar-refractivity contribution in [1.29, 1.82) is 0 Å². The van der Waals surface area contributed by atoms with Crippen LogP contribution in [-0.4, -0.2) is 6.21 Å². The van der Waals surface area contributed by atoms with E-state index in [1.54, 1.807) is 0 Å². The second kappa shape index (κ2) is 16.0. The minimum Gasteiger partial charge on any atom is -0.360 e. The fourth-order valence-electron chi connectivity index (χ4n) is 10.3. The summed E-state index contributed by atoms with van der Waals surface area (Å²) in [5.41, 5.74) is 18.8. The molecule has 0 aromatic heterocycles. The summed E-state index contributed by atoms with van der Waals surface area (Å²) in [5, 5.41) is 6.10. The van der Waals surface area contributed by atoms with Crippen molar-refractivity contribution in [2.24, 2.45) is 4.99 Å². The normalized spacial score (nSPS) is 14.3. The lowest BCUT2D eigenvalue weighted by Gasteiger charge is -2.46. The molecule has 0 saturated heterocycles. The van der Waals surface area contributed by atoms with Crippen LogP contribution in [0.1, 0.15) is 71.4 Å². The number of hydrogen-bond acceptors (Lipinski definition) is 2. The zero-order valence-corrected chi connectivity index (χ0v) is 35.8. The van der Waals surface area contributed by atoms with E-state index in [2.05, 4.69) is 214 Å². The number of nitrogens with zero attached hydrogens (tertiary/aromatic N) is 1. The average Bonchev–Trinajstić information content (AvgIpc) is 3.61. The van der Waals surface area contributed by atoms with Crippen LogP contribution in [0.25, 0.3) is 44.2 Å². The van der Waals surface area contributed by atoms with Crippen LogP contribution < -0.4 is 5.32 Å². The summed E-state index contributed by atoms with van der Waals surface area (Å²) < 4.78 is 0. The van der Waals surface area contributed by atoms with Gasteiger partial charge in [-0.3, -0.25) is 4.99 Å². The number of nitrogens with one attached hydrogen (secondary N) is 1. The molecule has 9 aromatic rings. The van der Waals surface area contributed by atoms with E-state index in [1.807, 2.05) is 37.4 Å². The van der Waals surface area contributed by atoms with Crippen LogP contribution in [0.15, 0.2) is 217 Å². The Kier molecular flexibility index (Phi) is 10.0. The number of aliphatic imine (C=N–C) groups is 1. The molecule has 2 aliphatic carbocycles. The number of anilines is 1. The Morgan fingerprint density at radius 3 is 1.48 bits per heavy atom. The molecule has 0 fully saturated rings. The van der Waals surface area contributed by atoms with Gasteiger partial charge in [-0.1, -0.05) is 214 Å². The lowest BCUT2D eigenvalue weighted by Crippen LogP contribution is -2.40. The first kappa shape index (κ1) is 38.9. The molecule has 0 bridgehead atoms. The molecule has 0 amide bonds. The van der Waals surface area contributed by atoms with Gasteiger partial charge in [-0.2, -0.15) is 0 Å². The van der Waals surface area contributed by atoms with Crippen LogP contribution in [0.5, 0.6) is 0 Å². The van der Waals surface area contributed by atoms with Crippen LogP contribution in [-0.2, 0) is 10.8 Å². The highest BCUT2D eigenvalue weighted by atomic mass is 15.1. The number of fused-ring (bicyclic) bond motifs is 10. The van der Waals surface area contributed by atoms with Gasteiger partial charge in [0.25, 0.3) is 0 Å². The Labute approximate surface area is 366 Å². The first-order valence-corrected chi connectivity index (χ1v) is 21.8. The Hall–Kier alpha value is -7.29. The molecule has 1 atom stereocenters. The minimum atomic E-state index is -0.419. The molecular formula is C60H50N2. The number of rotatable bonds is 6. The van der Waals surface area contributed by atoms with Gasteiger partial charge in [-0.25, -0.2) is 0 Å². The molecule has 2 aliphatic rings. The summed E-state index contributed by atoms with van der Waals surface area (Å²) in [5.74, 6) is 0. The Balaban J connectivity index is 0.000000598. The van der Waals surface area contributed by atoms with Crippen molar-refractivity contribution in [3.8, 4) is 33.4 Å². The van der Waals surface area contributed by atoms with Crippen molar-refractivity contribution in [2.75, 3.05) is 5.32 Å². The third-order valence-corrected chi connectivity index (χ3v) is 13.1. The summed E-state index contributed by atoms with van der Waals surface area (Å²) in [6, 6.07) is 77.6. The third-order valence-electron chi connectivity index (χ3n) is 13.1. The topological polar surface area (TPSA) is 24.4 Å². The standard InChI is InChI=1S/C53H42N2.C7H8/c1-4-54-51(36-16-6-5-7-17-36)55-38-29-26-35(27-30-38)39-32-33-40(42-19-9-8-18-41(39)42)37-28-31-44-43-20-10-11-21-45(43)53(50(44)34-37)48-24-14-12-22-46(48)52(2,3)47-23-13-15-25-49(47)53;1-7-5-3-2-4-6-7/h4-34,51,55H,1-3H3;2-6H,1H3/b54-4-;. The van der Waals surface area contributed by atoms with E-state index < -0.39 is 5.41 Å². The first-order chi connectivity index (χ1) is 30.4. The van der Waals surface area contributed by atoms with Crippen molar-refractivity contribution in [3.05, 3.63) is 257 Å². The predicted molar refractivity (Wildman–Crippen MR) is 262 cm³/mol. The lowest BCUT2D eigenvalue weighted by atomic mass is 9.55. The van der Waals surface area contributed by atoms with Crippen molar-refractivity contribution in [3.63, 3.8) is 0 Å². The molecule has 300 valence electrons. The molecule has 0 aliphatic heterocycles. The molecule has 2 nitrogen and oxygen atoms in total. The highest BCUT2D eigenvalue weighted by molar-refractivity contribution is 6.05. The van der Waals surface area contributed by atoms with E-state index in [9.17, 15) is 0 Å². The largest absolute Gasteiger partial charge is 0.360 e. The molecule has 0 saturated carbocycles. The zero-order chi connectivity index (χ0) is 42.3. The second-order valence-electron chi connectivity index (χ2n) is 17.1. The summed E-state index contributed by atoms with van der Waals surface area (Å²) in [4.78, 5) is 4.70. The van der Waals surface area contributed by atoms with Gasteiger partial charge in [0.05, 0.1) is 5.41 Å². The second-order valence-corrected chi connectivity index (χ2v) is 17.1. The van der Waals surface area contributed by atoms with Gasteiger partial charge in [0.15, 0.2) is 0 Å². The smallest absolute Gasteiger partial charge is 0.144 e. The van der Waals surface area contributed by atoms with Crippen molar-refractivity contribution in [1.82, 2.24) is 0 Å². The minimum absolute atomic E-state index is 0.124. The molecule has 1 N–H and O–H groups in total. The molecule has 11 rings (SSSR count). The molecule has 0 heterocycles. The Morgan fingerprint density at radius 2 is 0.903 bits per heavy atom. The zero-order valence-electron chi connectivity index (χ0n) is 35.8. The van der Waals surface area contributed by atoms with E-state index in [0.29, 0.717) is 0 Å². The highest BCUT2D eigenvalue weighted by Gasteiger charge is 2.53. The van der Waals surface area contributed by atoms with Crippen LogP contribution in [0.3, 0.4) is 0 Å². The predicted octanol–water partition coefficient (Wildman–Crippen LogP) is 15.4. The SMILES string of the molecule is C/C=N\C(Nc1ccc(-c2ccc(-c3ccc4c(c3)C3(c5ccccc5-4)c4ccccc4C(C)(C)c4ccccc43)c3ccccc23)cc1)c1ccccc1.Cc1ccccc1. The molecule has 1 unspecified atom stereocenters. The van der Waals surface area contributed by atoms with E-state index in [0.717, 1.165) is 11.3 Å². The maximum atomic E-state index is 4.70. The first-order valence-electron chi connectivity index (χ1n) is 21.8.